The molecule has 2 saturated heterocycles. The summed E-state index contributed by atoms with van der Waals surface area (Å²) in [5.41, 5.74) is 0.383. The molecule has 0 spiro atoms. The van der Waals surface area contributed by atoms with E-state index in [9.17, 15) is 14.0 Å². The number of amides is 2. The minimum Gasteiger partial charge on any atom is -0.444 e. The molecule has 2 fully saturated rings. The number of benzene rings is 1. The number of para-hydroxylation sites is 1. The maximum absolute atomic E-state index is 14.8. The van der Waals surface area contributed by atoms with E-state index in [0.717, 1.165) is 12.8 Å². The first-order chi connectivity index (χ1) is 19.5. The number of methoxy groups -OCH3 is 1. The number of rotatable bonds is 11. The van der Waals surface area contributed by atoms with Crippen LogP contribution in [0.4, 0.5) is 9.18 Å². The van der Waals surface area contributed by atoms with Gasteiger partial charge in [-0.3, -0.25) is 4.79 Å². The number of likely N-dealkylation sites (tertiary alicyclic amines) is 1. The van der Waals surface area contributed by atoms with Crippen LogP contribution in [0.1, 0.15) is 70.1 Å². The molecule has 10 nitrogen and oxygen atoms in total. The predicted octanol–water partition coefficient (Wildman–Crippen LogP) is 4.50. The van der Waals surface area contributed by atoms with Crippen molar-refractivity contribution in [3.05, 3.63) is 41.5 Å². The average Bonchev–Trinajstić information content (AvgIpc) is 3.68. The Morgan fingerprint density at radius 3 is 2.56 bits per heavy atom. The van der Waals surface area contributed by atoms with Gasteiger partial charge >= 0.3 is 6.09 Å². The number of unbranched alkanes of at least 4 members (excludes halogenated alkanes) is 1. The molecule has 11 heteroatoms. The highest BCUT2D eigenvalue weighted by Crippen LogP contribution is 2.33. The lowest BCUT2D eigenvalue weighted by Gasteiger charge is -2.43. The molecule has 3 heterocycles. The molecule has 2 aromatic rings. The van der Waals surface area contributed by atoms with Crippen molar-refractivity contribution in [2.24, 2.45) is 11.8 Å². The number of hydrogen-bond donors (Lipinski definition) is 0. The summed E-state index contributed by atoms with van der Waals surface area (Å²) in [6.07, 6.45) is 2.35. The van der Waals surface area contributed by atoms with E-state index in [1.54, 1.807) is 30.2 Å². The molecule has 41 heavy (non-hydrogen) atoms. The summed E-state index contributed by atoms with van der Waals surface area (Å²) in [5, 5.41) is 8.57. The molecule has 3 atom stereocenters. The topological polar surface area (TPSA) is 102 Å². The van der Waals surface area contributed by atoms with Crippen molar-refractivity contribution in [1.82, 2.24) is 24.8 Å². The van der Waals surface area contributed by atoms with E-state index in [1.807, 2.05) is 25.7 Å². The SMILES string of the molecule is COCCCCc1c(C(=O)N(CC(C)C)C2C[C@@H](C3CO3)CN(C(=O)OC(C)(C)C)C2)nnn1-c1ccccc1F. The van der Waals surface area contributed by atoms with Gasteiger partial charge in [-0.1, -0.05) is 31.2 Å². The lowest BCUT2D eigenvalue weighted by atomic mass is 9.90. The van der Waals surface area contributed by atoms with Gasteiger partial charge < -0.3 is 24.0 Å². The highest BCUT2D eigenvalue weighted by atomic mass is 19.1. The molecule has 4 rings (SSSR count). The Hall–Kier alpha value is -3.05. The van der Waals surface area contributed by atoms with E-state index in [4.69, 9.17) is 14.2 Å². The van der Waals surface area contributed by atoms with Crippen molar-refractivity contribution >= 4 is 12.0 Å². The molecule has 226 valence electrons. The Morgan fingerprint density at radius 2 is 1.93 bits per heavy atom. The van der Waals surface area contributed by atoms with Crippen LogP contribution in [-0.4, -0.2) is 94.5 Å². The predicted molar refractivity (Wildman–Crippen MR) is 151 cm³/mol. The maximum Gasteiger partial charge on any atom is 0.410 e. The molecular formula is C30H44FN5O5. The quantitative estimate of drug-likeness (QED) is 0.288. The highest BCUT2D eigenvalue weighted by Gasteiger charge is 2.44. The van der Waals surface area contributed by atoms with Crippen LogP contribution < -0.4 is 0 Å². The van der Waals surface area contributed by atoms with Crippen LogP contribution in [0.2, 0.25) is 0 Å². The summed E-state index contributed by atoms with van der Waals surface area (Å²) in [7, 11) is 1.65. The zero-order valence-corrected chi connectivity index (χ0v) is 25.1. The van der Waals surface area contributed by atoms with E-state index < -0.39 is 17.5 Å². The first-order valence-corrected chi connectivity index (χ1v) is 14.6. The fraction of sp³-hybridized carbons (Fsp3) is 0.667. The first-order valence-electron chi connectivity index (χ1n) is 14.6. The third kappa shape index (κ3) is 8.03. The number of carbonyl (C=O) groups excluding carboxylic acids is 2. The minimum atomic E-state index is -0.633. The molecule has 1 aromatic heterocycles. The molecule has 2 amide bonds. The van der Waals surface area contributed by atoms with Gasteiger partial charge in [0.15, 0.2) is 5.69 Å². The van der Waals surface area contributed by atoms with Crippen LogP contribution in [0.15, 0.2) is 24.3 Å². The van der Waals surface area contributed by atoms with Gasteiger partial charge in [0, 0.05) is 39.3 Å². The zero-order chi connectivity index (χ0) is 29.7. The molecule has 0 radical (unpaired) electrons. The Kier molecular flexibility index (Phi) is 10.0. The molecule has 0 N–H and O–H groups in total. The summed E-state index contributed by atoms with van der Waals surface area (Å²) in [4.78, 5) is 31.0. The summed E-state index contributed by atoms with van der Waals surface area (Å²) >= 11 is 0. The van der Waals surface area contributed by atoms with Gasteiger partial charge in [-0.2, -0.15) is 0 Å². The van der Waals surface area contributed by atoms with E-state index in [1.165, 1.54) is 10.7 Å². The largest absolute Gasteiger partial charge is 0.444 e. The third-order valence-corrected chi connectivity index (χ3v) is 7.32. The summed E-state index contributed by atoms with van der Waals surface area (Å²) < 4.78 is 32.8. The Labute approximate surface area is 242 Å². The maximum atomic E-state index is 14.8. The van der Waals surface area contributed by atoms with Crippen molar-refractivity contribution in [2.75, 3.05) is 40.0 Å². The van der Waals surface area contributed by atoms with Gasteiger partial charge in [0.25, 0.3) is 5.91 Å². The van der Waals surface area contributed by atoms with Crippen molar-refractivity contribution in [3.8, 4) is 5.69 Å². The lowest BCUT2D eigenvalue weighted by molar-refractivity contribution is -0.00144. The van der Waals surface area contributed by atoms with Crippen molar-refractivity contribution < 1.29 is 28.2 Å². The fourth-order valence-electron chi connectivity index (χ4n) is 5.38. The van der Waals surface area contributed by atoms with Crippen LogP contribution in [-0.2, 0) is 20.6 Å². The Balaban J connectivity index is 1.67. The molecule has 0 bridgehead atoms. The van der Waals surface area contributed by atoms with Crippen molar-refractivity contribution in [1.29, 1.82) is 0 Å². The van der Waals surface area contributed by atoms with Gasteiger partial charge in [0.1, 0.15) is 17.1 Å². The monoisotopic (exact) mass is 573 g/mol. The second-order valence-corrected chi connectivity index (χ2v) is 12.5. The normalized spacial score (nSPS) is 20.8. The molecule has 2 unspecified atom stereocenters. The number of hydrogen-bond acceptors (Lipinski definition) is 7. The number of aromatic nitrogens is 3. The standard InChI is InChI=1S/C30H44FN5O5/c1-20(2)16-35(22-15-21(26-19-40-26)17-34(18-22)29(38)41-30(3,4)5)28(37)27-25(13-9-10-14-39-6)36(33-32-27)24-12-8-7-11-23(24)31/h7-8,11-12,20-22,26H,9-10,13-19H2,1-6H3/t21-,22?,26?/m1/s1. The first kappa shape index (κ1) is 30.9. The van der Waals surface area contributed by atoms with Crippen LogP contribution in [0.5, 0.6) is 0 Å². The van der Waals surface area contributed by atoms with Gasteiger partial charge in [-0.25, -0.2) is 13.9 Å². The molecule has 2 aliphatic rings. The van der Waals surface area contributed by atoms with E-state index in [2.05, 4.69) is 24.2 Å². The number of ether oxygens (including phenoxy) is 3. The number of epoxide rings is 1. The second kappa shape index (κ2) is 13.3. The van der Waals surface area contributed by atoms with Gasteiger partial charge in [-0.05, 0) is 64.5 Å². The molecular weight excluding hydrogens is 529 g/mol. The highest BCUT2D eigenvalue weighted by molar-refractivity contribution is 5.93. The number of nitrogens with zero attached hydrogens (tertiary/aromatic N) is 5. The number of carbonyl (C=O) groups is 2. The van der Waals surface area contributed by atoms with Crippen LogP contribution in [0.25, 0.3) is 5.69 Å². The Bertz CT molecular complexity index is 1190. The van der Waals surface area contributed by atoms with Gasteiger partial charge in [0.05, 0.1) is 24.4 Å². The molecule has 0 aliphatic carbocycles. The Morgan fingerprint density at radius 1 is 1.20 bits per heavy atom. The molecule has 2 aliphatic heterocycles. The van der Waals surface area contributed by atoms with Crippen LogP contribution >= 0.6 is 0 Å². The third-order valence-electron chi connectivity index (χ3n) is 7.32. The van der Waals surface area contributed by atoms with Gasteiger partial charge in [0.2, 0.25) is 0 Å². The summed E-state index contributed by atoms with van der Waals surface area (Å²) in [5.74, 6) is -0.458. The average molecular weight is 574 g/mol. The zero-order valence-electron chi connectivity index (χ0n) is 25.1. The number of piperidine rings is 1. The van der Waals surface area contributed by atoms with Crippen LogP contribution in [0, 0.1) is 17.7 Å². The van der Waals surface area contributed by atoms with E-state index in [-0.39, 0.29) is 41.3 Å². The van der Waals surface area contributed by atoms with E-state index >= 15 is 0 Å². The van der Waals surface area contributed by atoms with Crippen molar-refractivity contribution in [2.45, 2.75) is 78.0 Å². The van der Waals surface area contributed by atoms with Crippen molar-refractivity contribution in [3.63, 3.8) is 0 Å². The lowest BCUT2D eigenvalue weighted by Crippen LogP contribution is -2.56. The summed E-state index contributed by atoms with van der Waals surface area (Å²) in [6, 6.07) is 6.08. The second-order valence-electron chi connectivity index (χ2n) is 12.5. The smallest absolute Gasteiger partial charge is 0.410 e. The van der Waals surface area contributed by atoms with Crippen LogP contribution in [0.3, 0.4) is 0 Å². The fourth-order valence-corrected chi connectivity index (χ4v) is 5.38. The van der Waals surface area contributed by atoms with E-state index in [0.29, 0.717) is 51.4 Å². The van der Waals surface area contributed by atoms with Gasteiger partial charge in [-0.15, -0.1) is 5.10 Å². The molecule has 0 saturated carbocycles. The minimum absolute atomic E-state index is 0.0667. The number of halogens is 1. The molecule has 1 aromatic carbocycles. The summed E-state index contributed by atoms with van der Waals surface area (Å²) in [6.45, 7) is 12.2.